The molecule has 1 heterocycles. The second-order valence-corrected chi connectivity index (χ2v) is 3.29. The van der Waals surface area contributed by atoms with Crippen molar-refractivity contribution in [3.8, 4) is 0 Å². The van der Waals surface area contributed by atoms with Crippen molar-refractivity contribution in [2.75, 3.05) is 0 Å². The van der Waals surface area contributed by atoms with E-state index in [-0.39, 0.29) is 0 Å². The van der Waals surface area contributed by atoms with Crippen LogP contribution >= 0.6 is 0 Å². The minimum absolute atomic E-state index is 0.306. The standard InChI is InChI=1S/C10H15N3/c1-7(2)9(11-4)13-10-8(3)5-6-12-10/h5-7,12H,4H2,1-3H3. The van der Waals surface area contributed by atoms with Crippen LogP contribution in [0.4, 0.5) is 5.82 Å². The average Bonchev–Trinajstić information content (AvgIpc) is 2.46. The molecule has 0 atom stereocenters. The first-order valence-corrected chi connectivity index (χ1v) is 4.34. The summed E-state index contributed by atoms with van der Waals surface area (Å²) in [5.41, 5.74) is 1.13. The zero-order valence-electron chi connectivity index (χ0n) is 8.33. The molecular weight excluding hydrogens is 162 g/mol. The Labute approximate surface area is 78.6 Å². The van der Waals surface area contributed by atoms with Gasteiger partial charge in [0.15, 0.2) is 0 Å². The molecular formula is C10H15N3. The molecule has 0 radical (unpaired) electrons. The van der Waals surface area contributed by atoms with Gasteiger partial charge in [-0.15, -0.1) is 0 Å². The highest BCUT2D eigenvalue weighted by Crippen LogP contribution is 2.16. The van der Waals surface area contributed by atoms with Gasteiger partial charge in [-0.05, 0) is 25.3 Å². The van der Waals surface area contributed by atoms with Crippen molar-refractivity contribution >= 4 is 18.4 Å². The number of aromatic amines is 1. The normalized spacial score (nSPS) is 12.2. The summed E-state index contributed by atoms with van der Waals surface area (Å²) >= 11 is 0. The Kier molecular flexibility index (Phi) is 3.01. The van der Waals surface area contributed by atoms with E-state index in [4.69, 9.17) is 0 Å². The van der Waals surface area contributed by atoms with Gasteiger partial charge in [0.2, 0.25) is 0 Å². The van der Waals surface area contributed by atoms with Gasteiger partial charge < -0.3 is 4.98 Å². The summed E-state index contributed by atoms with van der Waals surface area (Å²) in [4.78, 5) is 11.3. The van der Waals surface area contributed by atoms with Gasteiger partial charge in [-0.25, -0.2) is 9.98 Å². The number of rotatable bonds is 2. The molecule has 0 spiro atoms. The SMILES string of the molecule is C=NC(=Nc1[nH]ccc1C)C(C)C. The van der Waals surface area contributed by atoms with E-state index in [0.29, 0.717) is 5.92 Å². The Morgan fingerprint density at radius 3 is 2.62 bits per heavy atom. The number of hydrogen-bond donors (Lipinski definition) is 1. The fraction of sp³-hybridized carbons (Fsp3) is 0.400. The van der Waals surface area contributed by atoms with Gasteiger partial charge in [0.05, 0.1) is 0 Å². The van der Waals surface area contributed by atoms with Crippen molar-refractivity contribution in [2.24, 2.45) is 15.9 Å². The second kappa shape index (κ2) is 4.03. The molecule has 3 heteroatoms. The average molecular weight is 177 g/mol. The molecule has 0 aliphatic heterocycles. The lowest BCUT2D eigenvalue weighted by Crippen LogP contribution is -2.02. The smallest absolute Gasteiger partial charge is 0.135 e. The maximum absolute atomic E-state index is 4.37. The summed E-state index contributed by atoms with van der Waals surface area (Å²) in [7, 11) is 0. The van der Waals surface area contributed by atoms with Crippen molar-refractivity contribution in [1.29, 1.82) is 0 Å². The van der Waals surface area contributed by atoms with Crippen LogP contribution < -0.4 is 0 Å². The number of amidine groups is 1. The van der Waals surface area contributed by atoms with Crippen LogP contribution in [0.2, 0.25) is 0 Å². The molecule has 0 fully saturated rings. The highest BCUT2D eigenvalue weighted by Gasteiger charge is 2.03. The molecule has 1 N–H and O–H groups in total. The third kappa shape index (κ3) is 2.28. The molecule has 3 nitrogen and oxygen atoms in total. The van der Waals surface area contributed by atoms with Gasteiger partial charge >= 0.3 is 0 Å². The topological polar surface area (TPSA) is 40.5 Å². The largest absolute Gasteiger partial charge is 0.346 e. The Balaban J connectivity index is 2.98. The number of hydrogen-bond acceptors (Lipinski definition) is 1. The Morgan fingerprint density at radius 1 is 1.54 bits per heavy atom. The molecule has 0 saturated heterocycles. The van der Waals surface area contributed by atoms with Gasteiger partial charge in [-0.1, -0.05) is 13.8 Å². The van der Waals surface area contributed by atoms with Crippen molar-refractivity contribution < 1.29 is 0 Å². The van der Waals surface area contributed by atoms with Crippen molar-refractivity contribution in [3.05, 3.63) is 17.8 Å². The van der Waals surface area contributed by atoms with Crippen LogP contribution in [0.15, 0.2) is 22.2 Å². The zero-order chi connectivity index (χ0) is 9.84. The van der Waals surface area contributed by atoms with Crippen LogP contribution in [0.25, 0.3) is 0 Å². The highest BCUT2D eigenvalue weighted by molar-refractivity contribution is 5.89. The van der Waals surface area contributed by atoms with Crippen LogP contribution in [-0.4, -0.2) is 17.5 Å². The fourth-order valence-electron chi connectivity index (χ4n) is 1.02. The highest BCUT2D eigenvalue weighted by atomic mass is 15.0. The van der Waals surface area contributed by atoms with Gasteiger partial charge in [-0.3, -0.25) is 0 Å². The molecule has 1 aromatic heterocycles. The first-order chi connectivity index (χ1) is 6.15. The number of nitrogens with one attached hydrogen (secondary N) is 1. The first kappa shape index (κ1) is 9.71. The molecule has 0 aliphatic rings. The summed E-state index contributed by atoms with van der Waals surface area (Å²) in [5, 5.41) is 0. The van der Waals surface area contributed by atoms with Crippen LogP contribution in [0.1, 0.15) is 19.4 Å². The molecule has 0 amide bonds. The Hall–Kier alpha value is -1.38. The predicted molar refractivity (Wildman–Crippen MR) is 57.0 cm³/mol. The van der Waals surface area contributed by atoms with Crippen molar-refractivity contribution in [1.82, 2.24) is 4.98 Å². The van der Waals surface area contributed by atoms with E-state index in [9.17, 15) is 0 Å². The van der Waals surface area contributed by atoms with Crippen molar-refractivity contribution in [3.63, 3.8) is 0 Å². The quantitative estimate of drug-likeness (QED) is 0.533. The minimum Gasteiger partial charge on any atom is -0.346 e. The Bertz CT molecular complexity index is 321. The van der Waals surface area contributed by atoms with E-state index >= 15 is 0 Å². The zero-order valence-corrected chi connectivity index (χ0v) is 8.33. The van der Waals surface area contributed by atoms with E-state index < -0.39 is 0 Å². The number of aliphatic imine (C=N–C) groups is 2. The van der Waals surface area contributed by atoms with E-state index in [1.807, 2.05) is 33.0 Å². The summed E-state index contributed by atoms with van der Waals surface area (Å²) in [5.74, 6) is 1.95. The molecule has 0 aromatic carbocycles. The lowest BCUT2D eigenvalue weighted by atomic mass is 10.2. The summed E-state index contributed by atoms with van der Waals surface area (Å²) in [6, 6.07) is 1.99. The van der Waals surface area contributed by atoms with Gasteiger partial charge in [0, 0.05) is 12.1 Å². The third-order valence-electron chi connectivity index (χ3n) is 1.83. The molecule has 0 saturated carbocycles. The summed E-state index contributed by atoms with van der Waals surface area (Å²) in [6.07, 6.45) is 1.87. The van der Waals surface area contributed by atoms with Gasteiger partial charge in [-0.2, -0.15) is 0 Å². The first-order valence-electron chi connectivity index (χ1n) is 4.34. The number of H-pyrrole nitrogens is 1. The van der Waals surface area contributed by atoms with Crippen LogP contribution in [0, 0.1) is 12.8 Å². The van der Waals surface area contributed by atoms with Gasteiger partial charge in [0.25, 0.3) is 0 Å². The molecule has 0 unspecified atom stereocenters. The molecule has 1 aromatic rings. The van der Waals surface area contributed by atoms with E-state index in [0.717, 1.165) is 17.2 Å². The molecule has 13 heavy (non-hydrogen) atoms. The van der Waals surface area contributed by atoms with Crippen molar-refractivity contribution in [2.45, 2.75) is 20.8 Å². The molecule has 0 bridgehead atoms. The number of aryl methyl sites for hydroxylation is 1. The molecule has 70 valence electrons. The lowest BCUT2D eigenvalue weighted by molar-refractivity contribution is 0.873. The summed E-state index contributed by atoms with van der Waals surface area (Å²) in [6.45, 7) is 9.60. The lowest BCUT2D eigenvalue weighted by Gasteiger charge is -2.02. The maximum atomic E-state index is 4.37. The van der Waals surface area contributed by atoms with Crippen LogP contribution in [-0.2, 0) is 0 Å². The summed E-state index contributed by atoms with van der Waals surface area (Å²) < 4.78 is 0. The fourth-order valence-corrected chi connectivity index (χ4v) is 1.02. The third-order valence-corrected chi connectivity index (χ3v) is 1.83. The molecule has 1 rings (SSSR count). The number of nitrogens with zero attached hydrogens (tertiary/aromatic N) is 2. The number of aromatic nitrogens is 1. The molecule has 0 aliphatic carbocycles. The van der Waals surface area contributed by atoms with E-state index in [1.54, 1.807) is 0 Å². The van der Waals surface area contributed by atoms with Crippen LogP contribution in [0.5, 0.6) is 0 Å². The second-order valence-electron chi connectivity index (χ2n) is 3.29. The van der Waals surface area contributed by atoms with E-state index in [2.05, 4.69) is 21.7 Å². The Morgan fingerprint density at radius 2 is 2.23 bits per heavy atom. The monoisotopic (exact) mass is 177 g/mol. The van der Waals surface area contributed by atoms with Crippen LogP contribution in [0.3, 0.4) is 0 Å². The minimum atomic E-state index is 0.306. The predicted octanol–water partition coefficient (Wildman–Crippen LogP) is 2.71. The maximum Gasteiger partial charge on any atom is 0.135 e. The van der Waals surface area contributed by atoms with Gasteiger partial charge in [0.1, 0.15) is 11.7 Å². The van der Waals surface area contributed by atoms with E-state index in [1.165, 1.54) is 0 Å².